The van der Waals surface area contributed by atoms with Crippen molar-refractivity contribution in [3.63, 3.8) is 0 Å². The van der Waals surface area contributed by atoms with E-state index in [1.807, 2.05) is 37.3 Å². The normalized spacial score (nSPS) is 16.2. The van der Waals surface area contributed by atoms with E-state index in [2.05, 4.69) is 9.97 Å². The quantitative estimate of drug-likeness (QED) is 0.596. The molecule has 0 N–H and O–H groups in total. The van der Waals surface area contributed by atoms with E-state index in [4.69, 9.17) is 4.74 Å². The summed E-state index contributed by atoms with van der Waals surface area (Å²) >= 11 is 0. The van der Waals surface area contributed by atoms with Crippen molar-refractivity contribution in [3.05, 3.63) is 83.9 Å². The van der Waals surface area contributed by atoms with Crippen LogP contribution >= 0.6 is 0 Å². The number of para-hydroxylation sites is 1. The van der Waals surface area contributed by atoms with Gasteiger partial charge in [0.1, 0.15) is 17.2 Å². The number of aromatic nitrogens is 2. The van der Waals surface area contributed by atoms with Crippen LogP contribution in [-0.2, 0) is 0 Å². The molecule has 3 aromatic rings. The van der Waals surface area contributed by atoms with E-state index in [0.717, 1.165) is 24.3 Å². The molecule has 152 valence electrons. The number of piperidine rings is 1. The van der Waals surface area contributed by atoms with Gasteiger partial charge in [0.2, 0.25) is 0 Å². The number of Topliss-reactive ketones (excluding diaryl/α,β-unsaturated/α-hetero) is 1. The zero-order chi connectivity index (χ0) is 20.9. The number of hydrogen-bond acceptors (Lipinski definition) is 5. The Kier molecular flexibility index (Phi) is 5.84. The molecular weight excluding hydrogens is 378 g/mol. The Hall–Kier alpha value is -3.54. The zero-order valence-electron chi connectivity index (χ0n) is 16.8. The molecule has 1 aliphatic heterocycles. The van der Waals surface area contributed by atoms with Crippen LogP contribution < -0.4 is 4.74 Å². The summed E-state index contributed by atoms with van der Waals surface area (Å²) in [6, 6.07) is 16.7. The molecular formula is C24H23N3O3. The average molecular weight is 401 g/mol. The summed E-state index contributed by atoms with van der Waals surface area (Å²) in [6.07, 6.45) is 4.63. The Labute approximate surface area is 175 Å². The Balaban J connectivity index is 1.41. The number of rotatable bonds is 5. The first-order valence-corrected chi connectivity index (χ1v) is 10.1. The minimum absolute atomic E-state index is 0.0498. The van der Waals surface area contributed by atoms with Crippen molar-refractivity contribution >= 4 is 11.7 Å². The fourth-order valence-corrected chi connectivity index (χ4v) is 3.59. The number of ether oxygens (including phenoxy) is 1. The molecule has 1 fully saturated rings. The summed E-state index contributed by atoms with van der Waals surface area (Å²) in [4.78, 5) is 35.8. The molecule has 1 amide bonds. The fourth-order valence-electron chi connectivity index (χ4n) is 3.59. The van der Waals surface area contributed by atoms with E-state index < -0.39 is 0 Å². The lowest BCUT2D eigenvalue weighted by molar-refractivity contribution is 0.0631. The van der Waals surface area contributed by atoms with Crippen LogP contribution in [0.1, 0.15) is 39.4 Å². The van der Waals surface area contributed by atoms with Crippen molar-refractivity contribution < 1.29 is 14.3 Å². The van der Waals surface area contributed by atoms with Crippen molar-refractivity contribution in [1.29, 1.82) is 0 Å². The number of ketones is 1. The Morgan fingerprint density at radius 3 is 2.40 bits per heavy atom. The van der Waals surface area contributed by atoms with Crippen molar-refractivity contribution in [2.45, 2.75) is 19.8 Å². The maximum Gasteiger partial charge on any atom is 0.274 e. The van der Waals surface area contributed by atoms with Crippen LogP contribution in [0.25, 0.3) is 0 Å². The first-order valence-electron chi connectivity index (χ1n) is 10.1. The van der Waals surface area contributed by atoms with Crippen LogP contribution in [0.5, 0.6) is 11.5 Å². The van der Waals surface area contributed by atoms with Crippen LogP contribution in [0.4, 0.5) is 0 Å². The number of amides is 1. The van der Waals surface area contributed by atoms with Crippen molar-refractivity contribution in [3.8, 4) is 11.5 Å². The summed E-state index contributed by atoms with van der Waals surface area (Å²) in [6.45, 7) is 2.85. The van der Waals surface area contributed by atoms with Crippen LogP contribution in [0.15, 0.2) is 67.0 Å². The zero-order valence-corrected chi connectivity index (χ0v) is 16.8. The molecule has 4 rings (SSSR count). The molecule has 2 heterocycles. The lowest BCUT2D eigenvalue weighted by Gasteiger charge is -2.31. The Morgan fingerprint density at radius 1 is 0.967 bits per heavy atom. The van der Waals surface area contributed by atoms with Gasteiger partial charge in [0.25, 0.3) is 5.91 Å². The van der Waals surface area contributed by atoms with Gasteiger partial charge in [-0.25, -0.2) is 4.98 Å². The fraction of sp³-hybridized carbons (Fsp3) is 0.250. The molecule has 1 aliphatic rings. The van der Waals surface area contributed by atoms with Crippen LogP contribution in [0.3, 0.4) is 0 Å². The number of likely N-dealkylation sites (tertiary alicyclic amines) is 1. The second kappa shape index (κ2) is 8.86. The number of nitrogens with zero attached hydrogens (tertiary/aromatic N) is 3. The third-order valence-electron chi connectivity index (χ3n) is 5.20. The van der Waals surface area contributed by atoms with Gasteiger partial charge in [0.15, 0.2) is 5.78 Å². The second-order valence-electron chi connectivity index (χ2n) is 7.44. The molecule has 2 aromatic carbocycles. The van der Waals surface area contributed by atoms with E-state index in [0.29, 0.717) is 30.1 Å². The highest BCUT2D eigenvalue weighted by atomic mass is 16.5. The summed E-state index contributed by atoms with van der Waals surface area (Å²) < 4.78 is 5.79. The second-order valence-corrected chi connectivity index (χ2v) is 7.44. The Bertz CT molecular complexity index is 1020. The first-order chi connectivity index (χ1) is 14.6. The first kappa shape index (κ1) is 19.8. The van der Waals surface area contributed by atoms with Crippen LogP contribution in [0.2, 0.25) is 0 Å². The van der Waals surface area contributed by atoms with Crippen molar-refractivity contribution in [1.82, 2.24) is 14.9 Å². The molecule has 1 aromatic heterocycles. The van der Waals surface area contributed by atoms with Gasteiger partial charge in [-0.15, -0.1) is 0 Å². The van der Waals surface area contributed by atoms with Gasteiger partial charge in [0.05, 0.1) is 11.9 Å². The molecule has 0 bridgehead atoms. The van der Waals surface area contributed by atoms with Crippen molar-refractivity contribution in [2.24, 2.45) is 5.92 Å². The molecule has 0 saturated carbocycles. The summed E-state index contributed by atoms with van der Waals surface area (Å²) in [5.74, 6) is 1.08. The maximum atomic E-state index is 13.0. The van der Waals surface area contributed by atoms with E-state index in [1.54, 1.807) is 35.4 Å². The van der Waals surface area contributed by atoms with E-state index in [9.17, 15) is 9.59 Å². The molecule has 0 radical (unpaired) electrons. The predicted octanol–water partition coefficient (Wildman–Crippen LogP) is 4.31. The lowest BCUT2D eigenvalue weighted by atomic mass is 9.90. The van der Waals surface area contributed by atoms with Gasteiger partial charge in [-0.2, -0.15) is 0 Å². The van der Waals surface area contributed by atoms with Crippen molar-refractivity contribution in [2.75, 3.05) is 13.1 Å². The van der Waals surface area contributed by atoms with Crippen LogP contribution in [-0.4, -0.2) is 39.6 Å². The maximum absolute atomic E-state index is 13.0. The molecule has 1 saturated heterocycles. The molecule has 1 atom stereocenters. The van der Waals surface area contributed by atoms with Crippen LogP contribution in [0, 0.1) is 12.8 Å². The molecule has 6 nitrogen and oxygen atoms in total. The van der Waals surface area contributed by atoms with Gasteiger partial charge < -0.3 is 9.64 Å². The van der Waals surface area contributed by atoms with Gasteiger partial charge >= 0.3 is 0 Å². The lowest BCUT2D eigenvalue weighted by Crippen LogP contribution is -2.42. The highest BCUT2D eigenvalue weighted by Gasteiger charge is 2.30. The summed E-state index contributed by atoms with van der Waals surface area (Å²) in [5, 5.41) is 0. The summed E-state index contributed by atoms with van der Waals surface area (Å²) in [5.41, 5.74) is 1.71. The Morgan fingerprint density at radius 2 is 1.70 bits per heavy atom. The topological polar surface area (TPSA) is 72.4 Å². The molecule has 6 heteroatoms. The number of benzene rings is 2. The van der Waals surface area contributed by atoms with Gasteiger partial charge in [0, 0.05) is 30.8 Å². The largest absolute Gasteiger partial charge is 0.457 e. The number of aryl methyl sites for hydroxylation is 1. The third-order valence-corrected chi connectivity index (χ3v) is 5.20. The smallest absolute Gasteiger partial charge is 0.274 e. The number of carbonyl (C=O) groups excluding carboxylic acids is 2. The minimum Gasteiger partial charge on any atom is -0.457 e. The van der Waals surface area contributed by atoms with Gasteiger partial charge in [-0.3, -0.25) is 14.6 Å². The number of hydrogen-bond donors (Lipinski definition) is 0. The molecule has 0 unspecified atom stereocenters. The monoisotopic (exact) mass is 401 g/mol. The van der Waals surface area contributed by atoms with E-state index in [-0.39, 0.29) is 17.6 Å². The predicted molar refractivity (Wildman–Crippen MR) is 113 cm³/mol. The highest BCUT2D eigenvalue weighted by Crippen LogP contribution is 2.25. The van der Waals surface area contributed by atoms with Gasteiger partial charge in [-0.1, -0.05) is 18.2 Å². The minimum atomic E-state index is -0.220. The summed E-state index contributed by atoms with van der Waals surface area (Å²) in [7, 11) is 0. The SMILES string of the molecule is Cc1cnc(C(=O)N2CCC[C@@H](C(=O)c3ccc(Oc4ccccc4)cc3)C2)cn1. The standard InChI is InChI=1S/C24H23N3O3/c1-17-14-26-22(15-25-17)24(29)27-13-5-6-19(16-27)23(28)18-9-11-21(12-10-18)30-20-7-3-2-4-8-20/h2-4,7-12,14-15,19H,5-6,13,16H2,1H3/t19-/m1/s1. The molecule has 0 spiro atoms. The molecule has 0 aliphatic carbocycles. The van der Waals surface area contributed by atoms with Gasteiger partial charge in [-0.05, 0) is 56.2 Å². The third kappa shape index (κ3) is 4.54. The van der Waals surface area contributed by atoms with E-state index in [1.165, 1.54) is 6.20 Å². The highest BCUT2D eigenvalue weighted by molar-refractivity contribution is 5.99. The van der Waals surface area contributed by atoms with E-state index >= 15 is 0 Å². The average Bonchev–Trinajstić information content (AvgIpc) is 2.80. The number of carbonyl (C=O) groups is 2. The molecule has 30 heavy (non-hydrogen) atoms.